The summed E-state index contributed by atoms with van der Waals surface area (Å²) in [6.45, 7) is 2.56. The molecule has 2 nitrogen and oxygen atoms in total. The molecule has 4 rings (SSSR count). The maximum Gasteiger partial charge on any atom is 0.0209 e. The molecule has 1 N–H and O–H groups in total. The number of likely N-dealkylation sites (N-methyl/N-ethyl adjacent to an activating group) is 1. The Kier molecular flexibility index (Phi) is 2.29. The van der Waals surface area contributed by atoms with E-state index in [1.165, 1.54) is 45.2 Å². The maximum absolute atomic E-state index is 3.89. The predicted molar refractivity (Wildman–Crippen MR) is 58.3 cm³/mol. The van der Waals surface area contributed by atoms with Crippen molar-refractivity contribution in [2.24, 2.45) is 11.8 Å². The molecule has 14 heavy (non-hydrogen) atoms. The third kappa shape index (κ3) is 1.59. The fourth-order valence-electron chi connectivity index (χ4n) is 3.60. The normalized spacial score (nSPS) is 47.8. The van der Waals surface area contributed by atoms with Gasteiger partial charge in [-0.25, -0.2) is 0 Å². The van der Waals surface area contributed by atoms with Gasteiger partial charge in [0.05, 0.1) is 0 Å². The Morgan fingerprint density at radius 3 is 2.57 bits per heavy atom. The summed E-state index contributed by atoms with van der Waals surface area (Å²) < 4.78 is 0. The van der Waals surface area contributed by atoms with Crippen LogP contribution in [-0.4, -0.2) is 37.1 Å². The summed E-state index contributed by atoms with van der Waals surface area (Å²) in [4.78, 5) is 2.45. The Hall–Kier alpha value is -0.0800. The number of nitrogens with one attached hydrogen (secondary N) is 1. The molecule has 2 atom stereocenters. The zero-order valence-electron chi connectivity index (χ0n) is 9.21. The van der Waals surface area contributed by atoms with Crippen LogP contribution in [0.5, 0.6) is 0 Å². The predicted octanol–water partition coefficient (Wildman–Crippen LogP) is 1.47. The molecule has 2 heteroatoms. The molecule has 0 radical (unpaired) electrons. The Balaban J connectivity index is 1.51. The van der Waals surface area contributed by atoms with Crippen molar-refractivity contribution >= 4 is 0 Å². The molecule has 2 bridgehead atoms. The van der Waals surface area contributed by atoms with Crippen molar-refractivity contribution in [3.8, 4) is 0 Å². The molecule has 1 unspecified atom stereocenters. The largest absolute Gasteiger partial charge is 0.310 e. The molecule has 4 fully saturated rings. The van der Waals surface area contributed by atoms with Crippen LogP contribution in [0, 0.1) is 11.8 Å². The molecule has 0 aromatic heterocycles. The van der Waals surface area contributed by atoms with Gasteiger partial charge in [-0.1, -0.05) is 0 Å². The fraction of sp³-hybridized carbons (Fsp3) is 1.00. The van der Waals surface area contributed by atoms with Crippen LogP contribution in [0.3, 0.4) is 0 Å². The Morgan fingerprint density at radius 2 is 2.00 bits per heavy atom. The van der Waals surface area contributed by atoms with Crippen LogP contribution >= 0.6 is 0 Å². The Bertz CT molecular complexity index is 208. The minimum absolute atomic E-state index is 0.794. The molecule has 1 heterocycles. The fourth-order valence-corrected chi connectivity index (χ4v) is 3.60. The second kappa shape index (κ2) is 3.49. The van der Waals surface area contributed by atoms with Gasteiger partial charge in [0.2, 0.25) is 0 Å². The standard InChI is InChI=1S/C12H22N2/c1-14-5-4-11(8-14)13-12-3-2-9-6-10(12)7-9/h9-13H,2-8H2,1H3/t9?,10?,11-,12?/m1/s1. The van der Waals surface area contributed by atoms with Gasteiger partial charge in [-0.05, 0) is 57.5 Å². The average molecular weight is 194 g/mol. The lowest BCUT2D eigenvalue weighted by molar-refractivity contribution is 0.0677. The Morgan fingerprint density at radius 1 is 1.14 bits per heavy atom. The molecule has 0 spiro atoms. The van der Waals surface area contributed by atoms with Crippen molar-refractivity contribution < 1.29 is 0 Å². The van der Waals surface area contributed by atoms with Crippen molar-refractivity contribution in [1.29, 1.82) is 0 Å². The minimum Gasteiger partial charge on any atom is -0.310 e. The first-order valence-electron chi connectivity index (χ1n) is 6.26. The van der Waals surface area contributed by atoms with E-state index < -0.39 is 0 Å². The molecule has 1 aliphatic heterocycles. The highest BCUT2D eigenvalue weighted by atomic mass is 15.2. The lowest BCUT2D eigenvalue weighted by Crippen LogP contribution is -2.51. The third-order valence-electron chi connectivity index (χ3n) is 4.57. The molecule has 3 saturated carbocycles. The number of hydrogen-bond acceptors (Lipinski definition) is 2. The minimum atomic E-state index is 0.794. The van der Waals surface area contributed by atoms with Gasteiger partial charge in [0.25, 0.3) is 0 Å². The second-order valence-electron chi connectivity index (χ2n) is 5.70. The van der Waals surface area contributed by atoms with Crippen molar-refractivity contribution in [2.75, 3.05) is 20.1 Å². The highest BCUT2D eigenvalue weighted by molar-refractivity contribution is 4.96. The van der Waals surface area contributed by atoms with Gasteiger partial charge < -0.3 is 10.2 Å². The lowest BCUT2D eigenvalue weighted by Gasteiger charge is -2.47. The molecule has 80 valence electrons. The van der Waals surface area contributed by atoms with Crippen LogP contribution in [0.4, 0.5) is 0 Å². The summed E-state index contributed by atoms with van der Waals surface area (Å²) in [7, 11) is 2.24. The topological polar surface area (TPSA) is 15.3 Å². The van der Waals surface area contributed by atoms with E-state index in [2.05, 4.69) is 17.3 Å². The molecule has 3 aliphatic carbocycles. The van der Waals surface area contributed by atoms with E-state index in [-0.39, 0.29) is 0 Å². The van der Waals surface area contributed by atoms with E-state index in [0.29, 0.717) is 0 Å². The van der Waals surface area contributed by atoms with Crippen LogP contribution in [0.1, 0.15) is 32.1 Å². The van der Waals surface area contributed by atoms with E-state index in [0.717, 1.165) is 23.9 Å². The third-order valence-corrected chi connectivity index (χ3v) is 4.57. The Labute approximate surface area is 87.0 Å². The number of likely N-dealkylation sites (tertiary alicyclic amines) is 1. The first kappa shape index (κ1) is 9.17. The zero-order valence-corrected chi connectivity index (χ0v) is 9.21. The summed E-state index contributed by atoms with van der Waals surface area (Å²) in [6.07, 6.45) is 7.37. The lowest BCUT2D eigenvalue weighted by atomic mass is 9.62. The number of fused-ring (bicyclic) bond motifs is 2. The molecule has 4 aliphatic rings. The monoisotopic (exact) mass is 194 g/mol. The highest BCUT2D eigenvalue weighted by Gasteiger charge is 2.40. The number of nitrogens with zero attached hydrogens (tertiary/aromatic N) is 1. The van der Waals surface area contributed by atoms with Crippen LogP contribution in [0.25, 0.3) is 0 Å². The van der Waals surface area contributed by atoms with E-state index in [4.69, 9.17) is 0 Å². The smallest absolute Gasteiger partial charge is 0.0209 e. The number of rotatable bonds is 2. The molecule has 0 aromatic carbocycles. The first-order chi connectivity index (χ1) is 6.81. The van der Waals surface area contributed by atoms with E-state index in [1.807, 2.05) is 0 Å². The number of hydrogen-bond donors (Lipinski definition) is 1. The molecule has 0 aromatic rings. The summed E-state index contributed by atoms with van der Waals surface area (Å²) >= 11 is 0. The highest BCUT2D eigenvalue weighted by Crippen LogP contribution is 2.45. The SMILES string of the molecule is CN1CC[C@@H](NC2CCC3CC2C3)C1. The average Bonchev–Trinajstić information content (AvgIpc) is 2.50. The summed E-state index contributed by atoms with van der Waals surface area (Å²) in [6, 6.07) is 1.67. The van der Waals surface area contributed by atoms with Crippen molar-refractivity contribution in [1.82, 2.24) is 10.2 Å². The van der Waals surface area contributed by atoms with E-state index >= 15 is 0 Å². The van der Waals surface area contributed by atoms with Crippen molar-refractivity contribution in [3.63, 3.8) is 0 Å². The van der Waals surface area contributed by atoms with Crippen LogP contribution in [0.2, 0.25) is 0 Å². The van der Waals surface area contributed by atoms with Gasteiger partial charge in [0, 0.05) is 18.6 Å². The quantitative estimate of drug-likeness (QED) is 0.716. The van der Waals surface area contributed by atoms with Crippen molar-refractivity contribution in [3.05, 3.63) is 0 Å². The van der Waals surface area contributed by atoms with Crippen LogP contribution in [-0.2, 0) is 0 Å². The zero-order chi connectivity index (χ0) is 9.54. The molecular weight excluding hydrogens is 172 g/mol. The van der Waals surface area contributed by atoms with Gasteiger partial charge >= 0.3 is 0 Å². The second-order valence-corrected chi connectivity index (χ2v) is 5.70. The van der Waals surface area contributed by atoms with Gasteiger partial charge in [-0.3, -0.25) is 0 Å². The molecule has 1 saturated heterocycles. The van der Waals surface area contributed by atoms with Crippen LogP contribution < -0.4 is 5.32 Å². The summed E-state index contributed by atoms with van der Waals surface area (Å²) in [5, 5.41) is 3.89. The van der Waals surface area contributed by atoms with Gasteiger partial charge in [0.15, 0.2) is 0 Å². The van der Waals surface area contributed by atoms with Crippen molar-refractivity contribution in [2.45, 2.75) is 44.2 Å². The van der Waals surface area contributed by atoms with Gasteiger partial charge in [-0.15, -0.1) is 0 Å². The van der Waals surface area contributed by atoms with Gasteiger partial charge in [0.1, 0.15) is 0 Å². The summed E-state index contributed by atoms with van der Waals surface area (Å²) in [5.41, 5.74) is 0. The molecule has 0 amide bonds. The maximum atomic E-state index is 3.89. The van der Waals surface area contributed by atoms with E-state index in [1.54, 1.807) is 0 Å². The summed E-state index contributed by atoms with van der Waals surface area (Å²) in [5.74, 6) is 2.16. The molecular formula is C12H22N2. The van der Waals surface area contributed by atoms with Gasteiger partial charge in [-0.2, -0.15) is 0 Å². The van der Waals surface area contributed by atoms with E-state index in [9.17, 15) is 0 Å². The first-order valence-corrected chi connectivity index (χ1v) is 6.26. The van der Waals surface area contributed by atoms with Crippen LogP contribution in [0.15, 0.2) is 0 Å².